The Labute approximate surface area is 159 Å². The molecular weight excluding hydrogens is 341 g/mol. The van der Waals surface area contributed by atoms with Crippen LogP contribution in [0, 0.1) is 12.7 Å². The number of guanidine groups is 1. The molecular formula is C21H24FN5. The van der Waals surface area contributed by atoms with Crippen molar-refractivity contribution in [2.24, 2.45) is 4.99 Å². The van der Waals surface area contributed by atoms with E-state index in [1.807, 2.05) is 48.1 Å². The molecule has 0 spiro atoms. The summed E-state index contributed by atoms with van der Waals surface area (Å²) in [6, 6.07) is 15.3. The predicted octanol–water partition coefficient (Wildman–Crippen LogP) is 3.58. The Morgan fingerprint density at radius 1 is 1.11 bits per heavy atom. The smallest absolute Gasteiger partial charge is 0.191 e. The Balaban J connectivity index is 1.66. The van der Waals surface area contributed by atoms with Crippen molar-refractivity contribution in [1.82, 2.24) is 20.4 Å². The van der Waals surface area contributed by atoms with Gasteiger partial charge in [0, 0.05) is 25.5 Å². The Hall–Kier alpha value is -3.15. The molecule has 6 heteroatoms. The fourth-order valence-corrected chi connectivity index (χ4v) is 2.66. The lowest BCUT2D eigenvalue weighted by Crippen LogP contribution is -2.36. The molecule has 3 aromatic rings. The van der Waals surface area contributed by atoms with Crippen LogP contribution in [0.1, 0.15) is 23.6 Å². The van der Waals surface area contributed by atoms with Crippen LogP contribution in [0.4, 0.5) is 4.39 Å². The van der Waals surface area contributed by atoms with Gasteiger partial charge in [-0.15, -0.1) is 0 Å². The van der Waals surface area contributed by atoms with Crippen LogP contribution in [0.3, 0.4) is 0 Å². The number of aryl methyl sites for hydroxylation is 1. The highest BCUT2D eigenvalue weighted by Gasteiger charge is 2.03. The number of nitrogens with zero attached hydrogens (tertiary/aromatic N) is 3. The van der Waals surface area contributed by atoms with Gasteiger partial charge in [0.15, 0.2) is 5.96 Å². The Morgan fingerprint density at radius 3 is 2.74 bits per heavy atom. The van der Waals surface area contributed by atoms with Gasteiger partial charge in [-0.1, -0.05) is 24.3 Å². The first-order valence-corrected chi connectivity index (χ1v) is 9.02. The van der Waals surface area contributed by atoms with E-state index in [2.05, 4.69) is 26.8 Å². The molecule has 0 fully saturated rings. The van der Waals surface area contributed by atoms with Crippen LogP contribution in [0.15, 0.2) is 65.9 Å². The summed E-state index contributed by atoms with van der Waals surface area (Å²) < 4.78 is 15.5. The zero-order valence-electron chi connectivity index (χ0n) is 15.6. The van der Waals surface area contributed by atoms with E-state index >= 15 is 0 Å². The molecule has 2 aromatic carbocycles. The summed E-state index contributed by atoms with van der Waals surface area (Å²) in [6.07, 6.45) is 3.67. The second-order valence-electron chi connectivity index (χ2n) is 6.25. The van der Waals surface area contributed by atoms with Crippen LogP contribution in [0.2, 0.25) is 0 Å². The maximum absolute atomic E-state index is 13.7. The van der Waals surface area contributed by atoms with Gasteiger partial charge in [-0.25, -0.2) is 14.1 Å². The van der Waals surface area contributed by atoms with E-state index in [-0.39, 0.29) is 5.82 Å². The zero-order chi connectivity index (χ0) is 19.1. The van der Waals surface area contributed by atoms with Crippen molar-refractivity contribution in [3.8, 4) is 5.69 Å². The summed E-state index contributed by atoms with van der Waals surface area (Å²) in [6.45, 7) is 5.57. The highest BCUT2D eigenvalue weighted by atomic mass is 19.1. The lowest BCUT2D eigenvalue weighted by Gasteiger charge is -2.12. The second kappa shape index (κ2) is 8.98. The largest absolute Gasteiger partial charge is 0.357 e. The molecule has 0 saturated carbocycles. The highest BCUT2D eigenvalue weighted by molar-refractivity contribution is 5.79. The van der Waals surface area contributed by atoms with E-state index in [1.165, 1.54) is 0 Å². The van der Waals surface area contributed by atoms with Crippen LogP contribution in [0.5, 0.6) is 0 Å². The van der Waals surface area contributed by atoms with Gasteiger partial charge in [0.2, 0.25) is 0 Å². The van der Waals surface area contributed by atoms with Gasteiger partial charge in [-0.2, -0.15) is 5.10 Å². The third-order valence-corrected chi connectivity index (χ3v) is 4.14. The first-order chi connectivity index (χ1) is 13.2. The van der Waals surface area contributed by atoms with Gasteiger partial charge in [0.25, 0.3) is 0 Å². The van der Waals surface area contributed by atoms with E-state index in [0.29, 0.717) is 24.6 Å². The molecule has 0 atom stereocenters. The minimum absolute atomic E-state index is 0.188. The molecule has 0 unspecified atom stereocenters. The third kappa shape index (κ3) is 5.17. The molecule has 1 aromatic heterocycles. The molecule has 0 saturated heterocycles. The zero-order valence-corrected chi connectivity index (χ0v) is 15.6. The monoisotopic (exact) mass is 365 g/mol. The van der Waals surface area contributed by atoms with Crippen molar-refractivity contribution in [1.29, 1.82) is 0 Å². The van der Waals surface area contributed by atoms with Gasteiger partial charge < -0.3 is 10.6 Å². The Morgan fingerprint density at radius 2 is 2.00 bits per heavy atom. The van der Waals surface area contributed by atoms with Crippen LogP contribution < -0.4 is 10.6 Å². The van der Waals surface area contributed by atoms with Gasteiger partial charge in [0.1, 0.15) is 5.82 Å². The summed E-state index contributed by atoms with van der Waals surface area (Å²) in [5.74, 6) is 0.509. The normalized spacial score (nSPS) is 11.4. The van der Waals surface area contributed by atoms with Gasteiger partial charge in [-0.05, 0) is 54.8 Å². The SMILES string of the molecule is CCNC(=NCc1cccc(-n2cccn2)c1)NCc1ccc(C)c(F)c1. The molecule has 0 bridgehead atoms. The molecule has 140 valence electrons. The lowest BCUT2D eigenvalue weighted by atomic mass is 10.1. The number of aromatic nitrogens is 2. The summed E-state index contributed by atoms with van der Waals surface area (Å²) in [4.78, 5) is 4.63. The number of hydrogen-bond acceptors (Lipinski definition) is 2. The maximum atomic E-state index is 13.7. The van der Waals surface area contributed by atoms with E-state index in [9.17, 15) is 4.39 Å². The Bertz CT molecular complexity index is 903. The number of benzene rings is 2. The van der Waals surface area contributed by atoms with Crippen molar-refractivity contribution in [3.05, 3.63) is 83.4 Å². The lowest BCUT2D eigenvalue weighted by molar-refractivity contribution is 0.615. The summed E-state index contributed by atoms with van der Waals surface area (Å²) in [5.41, 5.74) is 3.61. The summed E-state index contributed by atoms with van der Waals surface area (Å²) in [7, 11) is 0. The van der Waals surface area contributed by atoms with Crippen molar-refractivity contribution >= 4 is 5.96 Å². The first-order valence-electron chi connectivity index (χ1n) is 9.02. The standard InChI is InChI=1S/C21H24FN5/c1-3-23-21(25-15-18-9-8-16(2)20(22)13-18)24-14-17-6-4-7-19(12-17)27-11-5-10-26-27/h4-13H,3,14-15H2,1-2H3,(H2,23,24,25). The third-order valence-electron chi connectivity index (χ3n) is 4.14. The number of aliphatic imine (C=N–C) groups is 1. The van der Waals surface area contributed by atoms with E-state index in [1.54, 1.807) is 25.3 Å². The summed E-state index contributed by atoms with van der Waals surface area (Å²) in [5, 5.41) is 10.7. The molecule has 3 rings (SSSR count). The molecule has 2 N–H and O–H groups in total. The topological polar surface area (TPSA) is 54.2 Å². The molecule has 0 amide bonds. The average Bonchev–Trinajstić information content (AvgIpc) is 3.22. The minimum Gasteiger partial charge on any atom is -0.357 e. The van der Waals surface area contributed by atoms with Crippen molar-refractivity contribution < 1.29 is 4.39 Å². The van der Waals surface area contributed by atoms with Crippen LogP contribution >= 0.6 is 0 Å². The maximum Gasteiger partial charge on any atom is 0.191 e. The first kappa shape index (κ1) is 18.6. The van der Waals surface area contributed by atoms with Crippen molar-refractivity contribution in [2.75, 3.05) is 6.54 Å². The van der Waals surface area contributed by atoms with Crippen molar-refractivity contribution in [3.63, 3.8) is 0 Å². The Kier molecular flexibility index (Phi) is 6.20. The molecule has 0 aliphatic carbocycles. The van der Waals surface area contributed by atoms with Crippen molar-refractivity contribution in [2.45, 2.75) is 26.9 Å². The number of nitrogens with one attached hydrogen (secondary N) is 2. The van der Waals surface area contributed by atoms with Crippen LogP contribution in [-0.4, -0.2) is 22.3 Å². The number of halogens is 1. The van der Waals surface area contributed by atoms with E-state index in [0.717, 1.165) is 23.4 Å². The number of hydrogen-bond donors (Lipinski definition) is 2. The molecule has 0 aliphatic heterocycles. The molecule has 0 aliphatic rings. The predicted molar refractivity (Wildman–Crippen MR) is 106 cm³/mol. The fourth-order valence-electron chi connectivity index (χ4n) is 2.66. The van der Waals surface area contributed by atoms with E-state index in [4.69, 9.17) is 0 Å². The van der Waals surface area contributed by atoms with Gasteiger partial charge >= 0.3 is 0 Å². The average molecular weight is 365 g/mol. The van der Waals surface area contributed by atoms with Crippen LogP contribution in [-0.2, 0) is 13.1 Å². The number of rotatable bonds is 6. The molecule has 0 radical (unpaired) electrons. The molecule has 27 heavy (non-hydrogen) atoms. The van der Waals surface area contributed by atoms with Crippen LogP contribution in [0.25, 0.3) is 5.69 Å². The highest BCUT2D eigenvalue weighted by Crippen LogP contribution is 2.11. The molecule has 5 nitrogen and oxygen atoms in total. The fraction of sp³-hybridized carbons (Fsp3) is 0.238. The minimum atomic E-state index is -0.188. The second-order valence-corrected chi connectivity index (χ2v) is 6.25. The molecule has 1 heterocycles. The van der Waals surface area contributed by atoms with E-state index < -0.39 is 0 Å². The quantitative estimate of drug-likeness (QED) is 0.519. The summed E-state index contributed by atoms with van der Waals surface area (Å²) >= 11 is 0. The van der Waals surface area contributed by atoms with Gasteiger partial charge in [-0.3, -0.25) is 0 Å². The van der Waals surface area contributed by atoms with Gasteiger partial charge in [0.05, 0.1) is 12.2 Å².